The molecule has 0 aromatic heterocycles. The molecule has 0 bridgehead atoms. The standard InChI is InChI=1S/C13H19ClN4O4S/c1-10-8-11(18(19)20)13(14)12(9-10)23(21,22)16-4-7-17-5-2-15-3-6-17/h8-9,15-16H,2-7H2,1H3. The van der Waals surface area contributed by atoms with E-state index in [1.165, 1.54) is 12.1 Å². The van der Waals surface area contributed by atoms with Crippen LogP contribution in [0.3, 0.4) is 0 Å². The van der Waals surface area contributed by atoms with E-state index in [9.17, 15) is 18.5 Å². The van der Waals surface area contributed by atoms with Gasteiger partial charge in [-0.25, -0.2) is 13.1 Å². The van der Waals surface area contributed by atoms with Gasteiger partial charge in [0.05, 0.1) is 4.92 Å². The Morgan fingerprint density at radius 1 is 1.39 bits per heavy atom. The zero-order valence-corrected chi connectivity index (χ0v) is 14.3. The molecule has 0 atom stereocenters. The monoisotopic (exact) mass is 362 g/mol. The lowest BCUT2D eigenvalue weighted by Crippen LogP contribution is -2.46. The van der Waals surface area contributed by atoms with Crippen LogP contribution in [0.4, 0.5) is 5.69 Å². The van der Waals surface area contributed by atoms with Gasteiger partial charge in [-0.05, 0) is 18.6 Å². The summed E-state index contributed by atoms with van der Waals surface area (Å²) in [7, 11) is -3.90. The normalized spacial score (nSPS) is 16.4. The maximum atomic E-state index is 12.4. The van der Waals surface area contributed by atoms with Crippen LogP contribution < -0.4 is 10.0 Å². The number of rotatable bonds is 6. The maximum absolute atomic E-state index is 12.4. The van der Waals surface area contributed by atoms with Gasteiger partial charge < -0.3 is 5.32 Å². The molecule has 0 spiro atoms. The molecule has 0 radical (unpaired) electrons. The Bertz CT molecular complexity index is 689. The molecule has 1 aliphatic heterocycles. The van der Waals surface area contributed by atoms with Crippen LogP contribution in [0.5, 0.6) is 0 Å². The molecule has 128 valence electrons. The molecular formula is C13H19ClN4O4S. The first-order valence-corrected chi connectivity index (χ1v) is 9.04. The highest BCUT2D eigenvalue weighted by molar-refractivity contribution is 7.89. The summed E-state index contributed by atoms with van der Waals surface area (Å²) >= 11 is 5.91. The molecule has 8 nitrogen and oxygen atoms in total. The van der Waals surface area contributed by atoms with E-state index >= 15 is 0 Å². The van der Waals surface area contributed by atoms with Crippen molar-refractivity contribution in [1.82, 2.24) is 14.9 Å². The van der Waals surface area contributed by atoms with E-state index in [-0.39, 0.29) is 16.5 Å². The van der Waals surface area contributed by atoms with E-state index in [4.69, 9.17) is 11.6 Å². The smallest absolute Gasteiger partial charge is 0.289 e. The first-order chi connectivity index (χ1) is 10.8. The average molecular weight is 363 g/mol. The number of nitrogens with zero attached hydrogens (tertiary/aromatic N) is 2. The number of nitro benzene ring substituents is 1. The summed E-state index contributed by atoms with van der Waals surface area (Å²) in [6.07, 6.45) is 0. The largest absolute Gasteiger partial charge is 0.314 e. The molecule has 2 N–H and O–H groups in total. The molecule has 2 rings (SSSR count). The van der Waals surface area contributed by atoms with E-state index in [0.717, 1.165) is 26.2 Å². The lowest BCUT2D eigenvalue weighted by molar-refractivity contribution is -0.385. The first-order valence-electron chi connectivity index (χ1n) is 7.18. The number of hydrogen-bond donors (Lipinski definition) is 2. The summed E-state index contributed by atoms with van der Waals surface area (Å²) in [4.78, 5) is 12.2. The van der Waals surface area contributed by atoms with Crippen molar-refractivity contribution in [3.05, 3.63) is 32.8 Å². The van der Waals surface area contributed by atoms with Crippen molar-refractivity contribution in [2.45, 2.75) is 11.8 Å². The van der Waals surface area contributed by atoms with Gasteiger partial charge in [-0.15, -0.1) is 0 Å². The van der Waals surface area contributed by atoms with Crippen LogP contribution in [-0.4, -0.2) is 57.5 Å². The van der Waals surface area contributed by atoms with E-state index in [1.807, 2.05) is 0 Å². The molecule has 0 aliphatic carbocycles. The fourth-order valence-corrected chi connectivity index (χ4v) is 4.08. The highest BCUT2D eigenvalue weighted by Crippen LogP contribution is 2.32. The second kappa shape index (κ2) is 7.54. The zero-order chi connectivity index (χ0) is 17.0. The summed E-state index contributed by atoms with van der Waals surface area (Å²) in [5.74, 6) is 0. The van der Waals surface area contributed by atoms with Crippen molar-refractivity contribution < 1.29 is 13.3 Å². The molecule has 1 saturated heterocycles. The number of aryl methyl sites for hydroxylation is 1. The van der Waals surface area contributed by atoms with Gasteiger partial charge in [-0.1, -0.05) is 11.6 Å². The summed E-state index contributed by atoms with van der Waals surface area (Å²) in [5, 5.41) is 13.8. The molecule has 0 unspecified atom stereocenters. The number of halogens is 1. The van der Waals surface area contributed by atoms with Crippen LogP contribution in [0.25, 0.3) is 0 Å². The zero-order valence-electron chi connectivity index (χ0n) is 12.7. The highest BCUT2D eigenvalue weighted by atomic mass is 35.5. The van der Waals surface area contributed by atoms with Crippen LogP contribution in [0, 0.1) is 17.0 Å². The minimum absolute atomic E-state index is 0.223. The van der Waals surface area contributed by atoms with Gasteiger partial charge in [0.1, 0.15) is 9.92 Å². The molecule has 1 aromatic rings. The van der Waals surface area contributed by atoms with Gasteiger partial charge in [0, 0.05) is 45.3 Å². The second-order valence-corrected chi connectivity index (χ2v) is 7.46. The van der Waals surface area contributed by atoms with Gasteiger partial charge in [0.25, 0.3) is 5.69 Å². The third-order valence-corrected chi connectivity index (χ3v) is 5.57. The van der Waals surface area contributed by atoms with Gasteiger partial charge in [0.15, 0.2) is 0 Å². The first kappa shape index (κ1) is 18.1. The second-order valence-electron chi connectivity index (χ2n) is 5.34. The number of hydrogen-bond acceptors (Lipinski definition) is 6. The fourth-order valence-electron chi connectivity index (χ4n) is 2.40. The molecule has 1 heterocycles. The third kappa shape index (κ3) is 4.61. The molecule has 23 heavy (non-hydrogen) atoms. The lowest BCUT2D eigenvalue weighted by atomic mass is 10.2. The summed E-state index contributed by atoms with van der Waals surface area (Å²) < 4.78 is 27.2. The van der Waals surface area contributed by atoms with Crippen molar-refractivity contribution in [3.63, 3.8) is 0 Å². The van der Waals surface area contributed by atoms with Gasteiger partial charge in [0.2, 0.25) is 10.0 Å². The van der Waals surface area contributed by atoms with Crippen molar-refractivity contribution >= 4 is 27.3 Å². The van der Waals surface area contributed by atoms with Crippen molar-refractivity contribution in [3.8, 4) is 0 Å². The van der Waals surface area contributed by atoms with Gasteiger partial charge in [-0.2, -0.15) is 0 Å². The van der Waals surface area contributed by atoms with Crippen LogP contribution in [-0.2, 0) is 10.0 Å². The molecule has 0 saturated carbocycles. The minimum atomic E-state index is -3.90. The summed E-state index contributed by atoms with van der Waals surface area (Å²) in [6.45, 7) is 5.86. The Balaban J connectivity index is 2.11. The predicted octanol–water partition coefficient (Wildman–Crippen LogP) is 0.740. The van der Waals surface area contributed by atoms with Crippen LogP contribution in [0.1, 0.15) is 5.56 Å². The molecular weight excluding hydrogens is 344 g/mol. The van der Waals surface area contributed by atoms with E-state index in [1.54, 1.807) is 6.92 Å². The van der Waals surface area contributed by atoms with Crippen LogP contribution in [0.15, 0.2) is 17.0 Å². The lowest BCUT2D eigenvalue weighted by Gasteiger charge is -2.27. The number of benzene rings is 1. The van der Waals surface area contributed by atoms with Crippen molar-refractivity contribution in [1.29, 1.82) is 0 Å². The fraction of sp³-hybridized carbons (Fsp3) is 0.538. The molecule has 1 aliphatic rings. The topological polar surface area (TPSA) is 105 Å². The molecule has 1 aromatic carbocycles. The summed E-state index contributed by atoms with van der Waals surface area (Å²) in [6, 6.07) is 2.59. The number of nitrogens with one attached hydrogen (secondary N) is 2. The molecule has 0 amide bonds. The average Bonchev–Trinajstić information content (AvgIpc) is 2.49. The van der Waals surface area contributed by atoms with E-state index < -0.39 is 20.6 Å². The predicted molar refractivity (Wildman–Crippen MR) is 87.3 cm³/mol. The molecule has 1 fully saturated rings. The SMILES string of the molecule is Cc1cc([N+](=O)[O-])c(Cl)c(S(=O)(=O)NCCN2CCNCC2)c1. The Hall–Kier alpha value is -1.26. The Morgan fingerprint density at radius 3 is 2.65 bits per heavy atom. The van der Waals surface area contributed by atoms with Crippen molar-refractivity contribution in [2.75, 3.05) is 39.3 Å². The van der Waals surface area contributed by atoms with Crippen LogP contribution in [0.2, 0.25) is 5.02 Å². The Labute approximate surface area is 140 Å². The van der Waals surface area contributed by atoms with Crippen LogP contribution >= 0.6 is 11.6 Å². The summed E-state index contributed by atoms with van der Waals surface area (Å²) in [5.41, 5.74) is 0.0535. The van der Waals surface area contributed by atoms with E-state index in [2.05, 4.69) is 14.9 Å². The quantitative estimate of drug-likeness (QED) is 0.571. The minimum Gasteiger partial charge on any atom is -0.314 e. The third-order valence-electron chi connectivity index (χ3n) is 3.58. The number of piperazine rings is 1. The van der Waals surface area contributed by atoms with Gasteiger partial charge >= 0.3 is 0 Å². The van der Waals surface area contributed by atoms with Crippen molar-refractivity contribution in [2.24, 2.45) is 0 Å². The maximum Gasteiger partial charge on any atom is 0.289 e. The highest BCUT2D eigenvalue weighted by Gasteiger charge is 2.25. The van der Waals surface area contributed by atoms with Gasteiger partial charge in [-0.3, -0.25) is 15.0 Å². The Morgan fingerprint density at radius 2 is 2.04 bits per heavy atom. The molecule has 10 heteroatoms. The Kier molecular flexibility index (Phi) is 5.93. The van der Waals surface area contributed by atoms with E-state index in [0.29, 0.717) is 12.1 Å². The number of sulfonamides is 1. The number of nitro groups is 1.